The van der Waals surface area contributed by atoms with Crippen LogP contribution in [-0.4, -0.2) is 28.0 Å². The van der Waals surface area contributed by atoms with Crippen molar-refractivity contribution in [2.24, 2.45) is 0 Å². The molecule has 2 aromatic rings. The molecule has 0 amide bonds. The van der Waals surface area contributed by atoms with Gasteiger partial charge in [0.2, 0.25) is 0 Å². The maximum absolute atomic E-state index is 12.0. The summed E-state index contributed by atoms with van der Waals surface area (Å²) in [6.45, 7) is 0. The van der Waals surface area contributed by atoms with E-state index in [2.05, 4.69) is 0 Å². The monoisotopic (exact) mass is 341 g/mol. The zero-order chi connectivity index (χ0) is 18.3. The Labute approximate surface area is 133 Å². The van der Waals surface area contributed by atoms with Gasteiger partial charge in [-0.3, -0.25) is 14.9 Å². The van der Waals surface area contributed by atoms with Gasteiger partial charge in [0.1, 0.15) is 0 Å². The number of rotatable bonds is 3. The fraction of sp³-hybridized carbons (Fsp3) is 0.0667. The molecule has 126 valence electrons. The summed E-state index contributed by atoms with van der Waals surface area (Å²) in [6.07, 6.45) is -5.08. The van der Waals surface area contributed by atoms with Crippen LogP contribution < -0.4 is 0 Å². The number of carbonyl (C=O) groups excluding carboxylic acids is 1. The molecule has 0 aliphatic carbocycles. The molecular weight excluding hydrogens is 331 g/mol. The van der Waals surface area contributed by atoms with Gasteiger partial charge in [-0.1, -0.05) is 30.3 Å². The van der Waals surface area contributed by atoms with Crippen molar-refractivity contribution in [3.8, 4) is 0 Å². The number of ketones is 1. The average molecular weight is 341 g/mol. The number of carboxylic acids is 1. The van der Waals surface area contributed by atoms with E-state index in [9.17, 15) is 28.1 Å². The number of carboxylic acid groups (broad SMARTS) is 1. The minimum absolute atomic E-state index is 0.0189. The number of hydrogen-bond acceptors (Lipinski definition) is 4. The third-order valence-electron chi connectivity index (χ3n) is 2.62. The van der Waals surface area contributed by atoms with E-state index in [1.54, 1.807) is 24.3 Å². The van der Waals surface area contributed by atoms with E-state index in [4.69, 9.17) is 9.90 Å². The van der Waals surface area contributed by atoms with Gasteiger partial charge in [-0.05, 0) is 12.1 Å². The number of halogens is 3. The third kappa shape index (κ3) is 5.52. The first-order chi connectivity index (χ1) is 11.1. The largest absolute Gasteiger partial charge is 0.490 e. The lowest BCUT2D eigenvalue weighted by Gasteiger charge is -2.00. The molecule has 0 spiro atoms. The third-order valence-corrected chi connectivity index (χ3v) is 2.62. The van der Waals surface area contributed by atoms with Gasteiger partial charge in [0.25, 0.3) is 5.69 Å². The van der Waals surface area contributed by atoms with Crippen molar-refractivity contribution < 1.29 is 32.8 Å². The van der Waals surface area contributed by atoms with Gasteiger partial charge in [0, 0.05) is 23.3 Å². The van der Waals surface area contributed by atoms with Crippen molar-refractivity contribution in [3.63, 3.8) is 0 Å². The maximum Gasteiger partial charge on any atom is 0.490 e. The van der Waals surface area contributed by atoms with Crippen LogP contribution in [0.25, 0.3) is 0 Å². The minimum atomic E-state index is -5.08. The fourth-order valence-corrected chi connectivity index (χ4v) is 1.49. The van der Waals surface area contributed by atoms with Crippen molar-refractivity contribution >= 4 is 17.4 Å². The molecule has 2 aromatic carbocycles. The Bertz CT molecular complexity index is 727. The highest BCUT2D eigenvalue weighted by atomic mass is 19.4. The quantitative estimate of drug-likeness (QED) is 0.524. The normalized spacial score (nSPS) is 10.3. The Morgan fingerprint density at radius 1 is 0.917 bits per heavy atom. The predicted molar refractivity (Wildman–Crippen MR) is 76.7 cm³/mol. The number of nitro benzene ring substituents is 1. The summed E-state index contributed by atoms with van der Waals surface area (Å²) in [5.74, 6) is -2.90. The van der Waals surface area contributed by atoms with Crippen LogP contribution in [0.15, 0.2) is 54.6 Å². The molecule has 6 nitrogen and oxygen atoms in total. The zero-order valence-electron chi connectivity index (χ0n) is 11.9. The molecule has 0 radical (unpaired) electrons. The number of alkyl halides is 3. The molecule has 0 aliphatic rings. The summed E-state index contributed by atoms with van der Waals surface area (Å²) < 4.78 is 31.7. The second-order valence-corrected chi connectivity index (χ2v) is 4.30. The summed E-state index contributed by atoms with van der Waals surface area (Å²) in [5.41, 5.74) is 0.998. The Balaban J connectivity index is 0.000000351. The molecule has 0 aliphatic heterocycles. The van der Waals surface area contributed by atoms with Crippen molar-refractivity contribution in [2.45, 2.75) is 6.18 Å². The molecule has 24 heavy (non-hydrogen) atoms. The van der Waals surface area contributed by atoms with Crippen molar-refractivity contribution in [1.29, 1.82) is 0 Å². The second kappa shape index (κ2) is 7.86. The Morgan fingerprint density at radius 2 is 1.33 bits per heavy atom. The van der Waals surface area contributed by atoms with E-state index < -0.39 is 17.1 Å². The molecule has 9 heteroatoms. The van der Waals surface area contributed by atoms with E-state index in [0.29, 0.717) is 11.1 Å². The molecular formula is C15H10F3NO5. The molecule has 0 unspecified atom stereocenters. The van der Waals surface area contributed by atoms with E-state index in [-0.39, 0.29) is 11.5 Å². The number of aliphatic carboxylic acids is 1. The lowest BCUT2D eigenvalue weighted by atomic mass is 10.0. The summed E-state index contributed by atoms with van der Waals surface area (Å²) in [6, 6.07) is 14.4. The molecule has 0 fully saturated rings. The zero-order valence-corrected chi connectivity index (χ0v) is 11.9. The first-order valence-corrected chi connectivity index (χ1v) is 6.27. The van der Waals surface area contributed by atoms with Gasteiger partial charge in [-0.25, -0.2) is 4.79 Å². The number of hydrogen-bond donors (Lipinski definition) is 1. The van der Waals surface area contributed by atoms with Crippen molar-refractivity contribution in [2.75, 3.05) is 0 Å². The SMILES string of the molecule is O=C(O)C(F)(F)F.O=C(c1ccccc1)c1ccc([N+](=O)[O-])cc1. The van der Waals surface area contributed by atoms with E-state index in [1.807, 2.05) is 6.07 Å². The smallest absolute Gasteiger partial charge is 0.475 e. The lowest BCUT2D eigenvalue weighted by Crippen LogP contribution is -2.21. The molecule has 0 saturated carbocycles. The molecule has 1 N–H and O–H groups in total. The minimum Gasteiger partial charge on any atom is -0.475 e. The molecule has 2 rings (SSSR count). The van der Waals surface area contributed by atoms with Crippen LogP contribution in [0.3, 0.4) is 0 Å². The second-order valence-electron chi connectivity index (χ2n) is 4.30. The first-order valence-electron chi connectivity index (χ1n) is 6.27. The first kappa shape index (κ1) is 18.8. The van der Waals surface area contributed by atoms with Crippen LogP contribution in [-0.2, 0) is 4.79 Å². The van der Waals surface area contributed by atoms with Gasteiger partial charge in [0.15, 0.2) is 5.78 Å². The summed E-state index contributed by atoms with van der Waals surface area (Å²) in [4.78, 5) is 30.8. The molecule has 0 saturated heterocycles. The van der Waals surface area contributed by atoms with Gasteiger partial charge in [0.05, 0.1) is 4.92 Å². The van der Waals surface area contributed by atoms with Gasteiger partial charge >= 0.3 is 12.1 Å². The topological polar surface area (TPSA) is 97.5 Å². The van der Waals surface area contributed by atoms with Crippen LogP contribution in [0.4, 0.5) is 18.9 Å². The Morgan fingerprint density at radius 3 is 1.71 bits per heavy atom. The Kier molecular flexibility index (Phi) is 6.16. The Hall–Kier alpha value is -3.23. The van der Waals surface area contributed by atoms with Crippen LogP contribution in [0.5, 0.6) is 0 Å². The van der Waals surface area contributed by atoms with Gasteiger partial charge in [-0.15, -0.1) is 0 Å². The van der Waals surface area contributed by atoms with Gasteiger partial charge in [-0.2, -0.15) is 13.2 Å². The number of non-ortho nitro benzene ring substituents is 1. The molecule has 0 heterocycles. The van der Waals surface area contributed by atoms with Crippen LogP contribution in [0.2, 0.25) is 0 Å². The van der Waals surface area contributed by atoms with Crippen LogP contribution >= 0.6 is 0 Å². The standard InChI is InChI=1S/C13H9NO3.C2HF3O2/c15-13(10-4-2-1-3-5-10)11-6-8-12(9-7-11)14(16)17;3-2(4,5)1(6)7/h1-9H;(H,6,7). The maximum atomic E-state index is 12.0. The predicted octanol–water partition coefficient (Wildman–Crippen LogP) is 3.46. The highest BCUT2D eigenvalue weighted by Gasteiger charge is 2.38. The van der Waals surface area contributed by atoms with Crippen molar-refractivity contribution in [3.05, 3.63) is 75.8 Å². The summed E-state index contributed by atoms with van der Waals surface area (Å²) in [7, 11) is 0. The number of benzene rings is 2. The van der Waals surface area contributed by atoms with E-state index in [0.717, 1.165) is 0 Å². The van der Waals surface area contributed by atoms with Crippen LogP contribution in [0.1, 0.15) is 15.9 Å². The van der Waals surface area contributed by atoms with Crippen molar-refractivity contribution in [1.82, 2.24) is 0 Å². The molecule has 0 bridgehead atoms. The fourth-order valence-electron chi connectivity index (χ4n) is 1.49. The molecule has 0 aromatic heterocycles. The van der Waals surface area contributed by atoms with E-state index >= 15 is 0 Å². The highest BCUT2D eigenvalue weighted by Crippen LogP contribution is 2.15. The lowest BCUT2D eigenvalue weighted by molar-refractivity contribution is -0.384. The number of nitro groups is 1. The van der Waals surface area contributed by atoms with E-state index in [1.165, 1.54) is 24.3 Å². The van der Waals surface area contributed by atoms with Crippen LogP contribution in [0, 0.1) is 10.1 Å². The summed E-state index contributed by atoms with van der Waals surface area (Å²) >= 11 is 0. The summed E-state index contributed by atoms with van der Waals surface area (Å²) in [5, 5.41) is 17.6. The number of nitrogens with zero attached hydrogens (tertiary/aromatic N) is 1. The highest BCUT2D eigenvalue weighted by molar-refractivity contribution is 6.09. The molecule has 0 atom stereocenters. The average Bonchev–Trinajstić information content (AvgIpc) is 2.55. The number of carbonyl (C=O) groups is 2. The van der Waals surface area contributed by atoms with Gasteiger partial charge < -0.3 is 5.11 Å².